The third-order valence-electron chi connectivity index (χ3n) is 2.72. The highest BCUT2D eigenvalue weighted by molar-refractivity contribution is 7.90. The number of rotatable bonds is 3. The van der Waals surface area contributed by atoms with Crippen LogP contribution in [0, 0.1) is 0 Å². The first-order valence-electron chi connectivity index (χ1n) is 5.48. The van der Waals surface area contributed by atoms with Crippen molar-refractivity contribution < 1.29 is 8.42 Å². The Morgan fingerprint density at radius 3 is 2.79 bits per heavy atom. The van der Waals surface area contributed by atoms with Crippen LogP contribution in [-0.4, -0.2) is 42.8 Å². The Bertz CT molecular complexity index is 631. The van der Waals surface area contributed by atoms with Crippen molar-refractivity contribution in [1.29, 1.82) is 0 Å². The molecule has 9 heteroatoms. The highest BCUT2D eigenvalue weighted by Crippen LogP contribution is 2.30. The number of sulfone groups is 1. The number of nitrogens with zero attached hydrogens (tertiary/aromatic N) is 3. The molecular weight excluding hydrogens is 290 g/mol. The summed E-state index contributed by atoms with van der Waals surface area (Å²) in [4.78, 5) is 9.75. The number of fused-ring (bicyclic) bond motifs is 1. The maximum atomic E-state index is 11.2. The van der Waals surface area contributed by atoms with E-state index in [4.69, 9.17) is 23.1 Å². The number of nitrogens with two attached hydrogens (primary N) is 2. The van der Waals surface area contributed by atoms with Crippen molar-refractivity contribution in [3.8, 4) is 0 Å². The van der Waals surface area contributed by atoms with Crippen LogP contribution >= 0.6 is 11.6 Å². The topological polar surface area (TPSA) is 115 Å². The van der Waals surface area contributed by atoms with Gasteiger partial charge >= 0.3 is 0 Å². The molecule has 0 fully saturated rings. The van der Waals surface area contributed by atoms with Gasteiger partial charge in [-0.2, -0.15) is 0 Å². The summed E-state index contributed by atoms with van der Waals surface area (Å²) in [6, 6.07) is 3.27. The molecular formula is C10H14ClN5O2S. The molecule has 0 bridgehead atoms. The lowest BCUT2D eigenvalue weighted by molar-refractivity contribution is 0.324. The number of hydrogen-bond acceptors (Lipinski definition) is 7. The predicted octanol–water partition coefficient (Wildman–Crippen LogP) is -0.00130. The molecule has 0 radical (unpaired) electrons. The Kier molecular flexibility index (Phi) is 3.66. The van der Waals surface area contributed by atoms with Crippen LogP contribution in [0.15, 0.2) is 17.1 Å². The average molecular weight is 304 g/mol. The van der Waals surface area contributed by atoms with Gasteiger partial charge in [-0.25, -0.2) is 18.4 Å². The van der Waals surface area contributed by atoms with Crippen molar-refractivity contribution >= 4 is 33.1 Å². The van der Waals surface area contributed by atoms with E-state index in [9.17, 15) is 8.42 Å². The molecule has 7 nitrogen and oxygen atoms in total. The van der Waals surface area contributed by atoms with Gasteiger partial charge < -0.3 is 16.4 Å². The van der Waals surface area contributed by atoms with Crippen molar-refractivity contribution in [3.63, 3.8) is 0 Å². The van der Waals surface area contributed by atoms with Crippen LogP contribution in [0.2, 0.25) is 5.15 Å². The normalized spacial score (nSPS) is 19.0. The minimum absolute atomic E-state index is 0.0627. The van der Waals surface area contributed by atoms with E-state index in [1.54, 1.807) is 12.1 Å². The maximum Gasteiger partial charge on any atom is 0.198 e. The number of pyridine rings is 1. The molecule has 1 unspecified atom stereocenters. The second-order valence-corrected chi connectivity index (χ2v) is 6.92. The van der Waals surface area contributed by atoms with Gasteiger partial charge in [-0.3, -0.25) is 0 Å². The zero-order valence-corrected chi connectivity index (χ0v) is 11.8. The smallest absolute Gasteiger partial charge is 0.198 e. The van der Waals surface area contributed by atoms with E-state index in [2.05, 4.69) is 9.98 Å². The lowest BCUT2D eigenvalue weighted by atomic mass is 10.2. The van der Waals surface area contributed by atoms with E-state index in [1.807, 2.05) is 0 Å². The van der Waals surface area contributed by atoms with E-state index in [0.717, 1.165) is 6.26 Å². The number of aliphatic imine (C=N–C) groups is 1. The molecule has 1 atom stereocenters. The summed E-state index contributed by atoms with van der Waals surface area (Å²) in [5.74, 6) is 0.111. The summed E-state index contributed by atoms with van der Waals surface area (Å²) in [5, 5.41) is 0.299. The summed E-state index contributed by atoms with van der Waals surface area (Å²) in [7, 11) is -3.11. The van der Waals surface area contributed by atoms with Crippen molar-refractivity contribution in [2.24, 2.45) is 16.5 Å². The summed E-state index contributed by atoms with van der Waals surface area (Å²) in [6.45, 7) is 0.156. The summed E-state index contributed by atoms with van der Waals surface area (Å²) in [5.41, 5.74) is 12.8. The molecule has 0 amide bonds. The van der Waals surface area contributed by atoms with Gasteiger partial charge in [-0.05, 0) is 12.1 Å². The predicted molar refractivity (Wildman–Crippen MR) is 73.9 cm³/mol. The Morgan fingerprint density at radius 2 is 2.16 bits per heavy atom. The number of halogens is 1. The van der Waals surface area contributed by atoms with Crippen LogP contribution in [0.4, 0.5) is 5.69 Å². The fourth-order valence-corrected chi connectivity index (χ4v) is 2.43. The zero-order valence-electron chi connectivity index (χ0n) is 10.2. The van der Waals surface area contributed by atoms with Crippen molar-refractivity contribution in [2.45, 2.75) is 6.17 Å². The number of aromatic nitrogens is 1. The molecule has 1 aliphatic heterocycles. The van der Waals surface area contributed by atoms with Gasteiger partial charge in [0.15, 0.2) is 5.96 Å². The van der Waals surface area contributed by atoms with Gasteiger partial charge in [0.25, 0.3) is 0 Å². The number of guanidine groups is 1. The molecule has 104 valence electrons. The van der Waals surface area contributed by atoms with E-state index >= 15 is 0 Å². The van der Waals surface area contributed by atoms with Crippen molar-refractivity contribution in [3.05, 3.63) is 23.0 Å². The van der Waals surface area contributed by atoms with Gasteiger partial charge in [0.1, 0.15) is 26.9 Å². The van der Waals surface area contributed by atoms with E-state index in [-0.39, 0.29) is 18.3 Å². The van der Waals surface area contributed by atoms with Crippen molar-refractivity contribution in [1.82, 2.24) is 9.88 Å². The first kappa shape index (κ1) is 14.0. The van der Waals surface area contributed by atoms with Gasteiger partial charge in [0, 0.05) is 12.8 Å². The lowest BCUT2D eigenvalue weighted by Crippen LogP contribution is -2.47. The molecule has 4 N–H and O–H groups in total. The summed E-state index contributed by atoms with van der Waals surface area (Å²) < 4.78 is 22.4. The SMILES string of the molecule is CS(=O)(=O)CCN1C(N)=Nc2ccc(Cl)nc2C1N. The van der Waals surface area contributed by atoms with Crippen molar-refractivity contribution in [2.75, 3.05) is 18.6 Å². The summed E-state index contributed by atoms with van der Waals surface area (Å²) in [6.07, 6.45) is 0.492. The second-order valence-electron chi connectivity index (χ2n) is 4.28. The highest BCUT2D eigenvalue weighted by atomic mass is 35.5. The molecule has 0 aliphatic carbocycles. The van der Waals surface area contributed by atoms with Gasteiger partial charge in [0.2, 0.25) is 0 Å². The lowest BCUT2D eigenvalue weighted by Gasteiger charge is -2.33. The maximum absolute atomic E-state index is 11.2. The van der Waals surface area contributed by atoms with Gasteiger partial charge in [-0.15, -0.1) is 0 Å². The highest BCUT2D eigenvalue weighted by Gasteiger charge is 2.27. The quantitative estimate of drug-likeness (QED) is 0.759. The molecule has 0 spiro atoms. The molecule has 2 heterocycles. The Balaban J connectivity index is 2.30. The van der Waals surface area contributed by atoms with Crippen LogP contribution in [0.3, 0.4) is 0 Å². The summed E-state index contributed by atoms with van der Waals surface area (Å²) >= 11 is 5.81. The third-order valence-corrected chi connectivity index (χ3v) is 3.85. The van der Waals surface area contributed by atoms with Crippen LogP contribution in [0.5, 0.6) is 0 Å². The van der Waals surface area contributed by atoms with Crippen LogP contribution in [0.25, 0.3) is 0 Å². The standard InChI is InChI=1S/C10H14ClN5O2S/c1-19(17,18)5-4-16-9(12)8-6(14-10(16)13)2-3-7(11)15-8/h2-3,9H,4-5,12H2,1H3,(H2,13,14). The first-order chi connectivity index (χ1) is 8.78. The first-order valence-corrected chi connectivity index (χ1v) is 7.92. The number of hydrogen-bond donors (Lipinski definition) is 2. The molecule has 2 rings (SSSR count). The Morgan fingerprint density at radius 1 is 1.47 bits per heavy atom. The minimum Gasteiger partial charge on any atom is -0.369 e. The zero-order chi connectivity index (χ0) is 14.2. The molecule has 0 saturated carbocycles. The minimum atomic E-state index is -3.11. The van der Waals surface area contributed by atoms with E-state index in [1.165, 1.54) is 4.90 Å². The molecule has 0 saturated heterocycles. The van der Waals surface area contributed by atoms with Crippen LogP contribution in [0.1, 0.15) is 11.9 Å². The third kappa shape index (κ3) is 3.14. The fraction of sp³-hybridized carbons (Fsp3) is 0.400. The Labute approximate surface area is 116 Å². The molecule has 1 aromatic rings. The monoisotopic (exact) mass is 303 g/mol. The largest absolute Gasteiger partial charge is 0.369 e. The Hall–Kier alpha value is -1.38. The van der Waals surface area contributed by atoms with Crippen LogP contribution < -0.4 is 11.5 Å². The van der Waals surface area contributed by atoms with E-state index < -0.39 is 16.0 Å². The molecule has 0 aromatic carbocycles. The fourth-order valence-electron chi connectivity index (χ4n) is 1.75. The van der Waals surface area contributed by atoms with Gasteiger partial charge in [-0.1, -0.05) is 11.6 Å². The van der Waals surface area contributed by atoms with E-state index in [0.29, 0.717) is 16.5 Å². The second kappa shape index (κ2) is 4.95. The van der Waals surface area contributed by atoms with Crippen LogP contribution in [-0.2, 0) is 9.84 Å². The average Bonchev–Trinajstić information content (AvgIpc) is 2.28. The molecule has 1 aliphatic rings. The van der Waals surface area contributed by atoms with Gasteiger partial charge in [0.05, 0.1) is 11.4 Å². The molecule has 1 aromatic heterocycles. The molecule has 19 heavy (non-hydrogen) atoms.